The highest BCUT2D eigenvalue weighted by molar-refractivity contribution is 7.89. The van der Waals surface area contributed by atoms with E-state index in [0.717, 1.165) is 12.1 Å². The Morgan fingerprint density at radius 3 is 1.89 bits per heavy atom. The molecule has 0 saturated heterocycles. The first kappa shape index (κ1) is 18.4. The molecule has 0 unspecified atom stereocenters. The van der Waals surface area contributed by atoms with Crippen LogP contribution in [0.25, 0.3) is 0 Å². The number of aromatic nitrogens is 1. The average molecular weight is 333 g/mol. The summed E-state index contributed by atoms with van der Waals surface area (Å²) < 4.78 is 55.4. The Morgan fingerprint density at radius 1 is 1.16 bits per heavy atom. The molecule has 0 atom stereocenters. The van der Waals surface area contributed by atoms with Crippen LogP contribution in [0.1, 0.15) is 10.6 Å². The molecule has 1 aromatic rings. The van der Waals surface area contributed by atoms with Gasteiger partial charge in [-0.15, -0.1) is 11.3 Å². The fourth-order valence-corrected chi connectivity index (χ4v) is 3.33. The Hall–Kier alpha value is -0.590. The third kappa shape index (κ3) is 11.0. The van der Waals surface area contributed by atoms with Crippen LogP contribution in [0.4, 0.5) is 0 Å². The molecule has 0 fully saturated rings. The van der Waals surface area contributed by atoms with Gasteiger partial charge in [-0.1, -0.05) is 0 Å². The zero-order valence-electron chi connectivity index (χ0n) is 10.1. The van der Waals surface area contributed by atoms with Gasteiger partial charge in [0.1, 0.15) is 0 Å². The third-order valence-electron chi connectivity index (χ3n) is 1.78. The largest absolute Gasteiger partial charge is 0.396 e. The predicted octanol–water partition coefficient (Wildman–Crippen LogP) is -0.252. The van der Waals surface area contributed by atoms with Crippen LogP contribution in [0, 0.1) is 6.92 Å². The second-order valence-electron chi connectivity index (χ2n) is 3.41. The van der Waals surface area contributed by atoms with Crippen LogP contribution in [-0.2, 0) is 26.7 Å². The van der Waals surface area contributed by atoms with Crippen LogP contribution in [-0.4, -0.2) is 54.1 Å². The molecular formula is C8H15NO7S3. The number of hydrogen-bond acceptors (Lipinski definition) is 7. The van der Waals surface area contributed by atoms with Crippen LogP contribution in [0.15, 0.2) is 5.51 Å². The van der Waals surface area contributed by atoms with Gasteiger partial charge in [-0.05, 0) is 6.92 Å². The lowest BCUT2D eigenvalue weighted by Crippen LogP contribution is -2.15. The van der Waals surface area contributed by atoms with E-state index < -0.39 is 31.7 Å². The minimum Gasteiger partial charge on any atom is -0.396 e. The van der Waals surface area contributed by atoms with Gasteiger partial charge >= 0.3 is 0 Å². The van der Waals surface area contributed by atoms with Gasteiger partial charge in [0.25, 0.3) is 20.2 Å². The first-order chi connectivity index (χ1) is 8.55. The molecule has 0 aliphatic heterocycles. The smallest absolute Gasteiger partial charge is 0.265 e. The lowest BCUT2D eigenvalue weighted by Gasteiger charge is -1.92. The van der Waals surface area contributed by atoms with Crippen molar-refractivity contribution >= 4 is 31.6 Å². The molecule has 1 heterocycles. The maximum atomic E-state index is 9.86. The summed E-state index contributed by atoms with van der Waals surface area (Å²) in [4.78, 5) is 5.23. The number of rotatable bonds is 5. The van der Waals surface area contributed by atoms with Crippen molar-refractivity contribution in [2.45, 2.75) is 13.3 Å². The number of thiazole rings is 1. The molecular weight excluding hydrogens is 318 g/mol. The SMILES string of the molecule is Cc1ncsc1CCO.O=S(=O)(O)CCS(=O)(=O)O. The van der Waals surface area contributed by atoms with Crippen LogP contribution < -0.4 is 0 Å². The number of aliphatic hydroxyl groups excluding tert-OH is 1. The summed E-state index contributed by atoms with van der Waals surface area (Å²) >= 11 is 1.60. The van der Waals surface area contributed by atoms with E-state index in [0.29, 0.717) is 0 Å². The highest BCUT2D eigenvalue weighted by atomic mass is 32.2. The summed E-state index contributed by atoms with van der Waals surface area (Å²) in [6.07, 6.45) is 0.747. The Kier molecular flexibility index (Phi) is 7.62. The first-order valence-corrected chi connectivity index (χ1v) is 9.05. The van der Waals surface area contributed by atoms with Gasteiger partial charge in [0.05, 0.1) is 22.7 Å². The van der Waals surface area contributed by atoms with Crippen molar-refractivity contribution in [1.29, 1.82) is 0 Å². The zero-order valence-corrected chi connectivity index (χ0v) is 12.5. The minimum absolute atomic E-state index is 0.225. The van der Waals surface area contributed by atoms with Gasteiger partial charge in [0.15, 0.2) is 0 Å². The molecule has 0 aliphatic carbocycles. The lowest BCUT2D eigenvalue weighted by molar-refractivity contribution is 0.300. The van der Waals surface area contributed by atoms with Crippen molar-refractivity contribution < 1.29 is 31.0 Å². The van der Waals surface area contributed by atoms with Crippen molar-refractivity contribution in [2.75, 3.05) is 18.1 Å². The van der Waals surface area contributed by atoms with E-state index >= 15 is 0 Å². The molecule has 0 amide bonds. The molecule has 0 saturated carbocycles. The van der Waals surface area contributed by atoms with Gasteiger partial charge in [0, 0.05) is 17.9 Å². The highest BCUT2D eigenvalue weighted by Gasteiger charge is 2.11. The maximum absolute atomic E-state index is 9.86. The highest BCUT2D eigenvalue weighted by Crippen LogP contribution is 2.11. The molecule has 0 radical (unpaired) electrons. The molecule has 0 aliphatic rings. The summed E-state index contributed by atoms with van der Waals surface area (Å²) in [6, 6.07) is 0. The maximum Gasteiger partial charge on any atom is 0.265 e. The fraction of sp³-hybridized carbons (Fsp3) is 0.625. The van der Waals surface area contributed by atoms with Crippen molar-refractivity contribution in [3.8, 4) is 0 Å². The van der Waals surface area contributed by atoms with E-state index in [1.807, 2.05) is 6.92 Å². The summed E-state index contributed by atoms with van der Waals surface area (Å²) in [5.74, 6) is -1.96. The lowest BCUT2D eigenvalue weighted by atomic mass is 10.3. The van der Waals surface area contributed by atoms with Crippen molar-refractivity contribution in [1.82, 2.24) is 4.98 Å². The molecule has 0 spiro atoms. The van der Waals surface area contributed by atoms with Crippen molar-refractivity contribution in [3.63, 3.8) is 0 Å². The molecule has 112 valence electrons. The number of aryl methyl sites for hydroxylation is 1. The van der Waals surface area contributed by atoms with Crippen LogP contribution in [0.5, 0.6) is 0 Å². The van der Waals surface area contributed by atoms with E-state index in [4.69, 9.17) is 14.2 Å². The number of aliphatic hydroxyl groups is 1. The molecule has 19 heavy (non-hydrogen) atoms. The minimum atomic E-state index is -4.30. The molecule has 8 nitrogen and oxygen atoms in total. The second kappa shape index (κ2) is 7.87. The monoisotopic (exact) mass is 333 g/mol. The Morgan fingerprint density at radius 2 is 1.63 bits per heavy atom. The van der Waals surface area contributed by atoms with Crippen LogP contribution in [0.2, 0.25) is 0 Å². The topological polar surface area (TPSA) is 142 Å². The average Bonchev–Trinajstić information content (AvgIpc) is 2.62. The summed E-state index contributed by atoms with van der Waals surface area (Å²) in [7, 11) is -8.59. The Bertz CT molecular complexity index is 543. The van der Waals surface area contributed by atoms with E-state index in [2.05, 4.69) is 4.98 Å². The van der Waals surface area contributed by atoms with Crippen molar-refractivity contribution in [3.05, 3.63) is 16.1 Å². The van der Waals surface area contributed by atoms with Gasteiger partial charge in [-0.25, -0.2) is 4.98 Å². The number of hydrogen-bond donors (Lipinski definition) is 3. The second-order valence-corrected chi connectivity index (χ2v) is 7.49. The summed E-state index contributed by atoms with van der Waals surface area (Å²) in [5, 5.41) is 8.54. The molecule has 0 aromatic carbocycles. The van der Waals surface area contributed by atoms with Gasteiger partial charge in [0.2, 0.25) is 0 Å². The number of nitrogens with zero attached hydrogens (tertiary/aromatic N) is 1. The molecule has 1 aromatic heterocycles. The predicted molar refractivity (Wildman–Crippen MR) is 70.5 cm³/mol. The van der Waals surface area contributed by atoms with E-state index in [1.165, 1.54) is 4.88 Å². The van der Waals surface area contributed by atoms with Crippen LogP contribution in [0.3, 0.4) is 0 Å². The quantitative estimate of drug-likeness (QED) is 0.626. The summed E-state index contributed by atoms with van der Waals surface area (Å²) in [5.41, 5.74) is 2.86. The molecule has 11 heteroatoms. The van der Waals surface area contributed by atoms with Crippen molar-refractivity contribution in [2.24, 2.45) is 0 Å². The molecule has 3 N–H and O–H groups in total. The zero-order chi connectivity index (χ0) is 15.1. The molecule has 1 rings (SSSR count). The standard InChI is InChI=1S/C6H9NOS.C2H6O6S2/c1-5-6(2-3-8)9-4-7-5;3-9(4,5)1-2-10(6,7)8/h4,8H,2-3H2,1H3;1-2H2,(H,3,4,5)(H,6,7,8). The van der Waals surface area contributed by atoms with Gasteiger partial charge < -0.3 is 5.11 Å². The first-order valence-electron chi connectivity index (χ1n) is 4.95. The Labute approximate surface area is 115 Å². The van der Waals surface area contributed by atoms with E-state index in [9.17, 15) is 16.8 Å². The summed E-state index contributed by atoms with van der Waals surface area (Å²) in [6.45, 7) is 2.19. The fourth-order valence-electron chi connectivity index (χ4n) is 0.878. The van der Waals surface area contributed by atoms with Crippen LogP contribution >= 0.6 is 11.3 Å². The van der Waals surface area contributed by atoms with Gasteiger partial charge in [-0.3, -0.25) is 9.11 Å². The van der Waals surface area contributed by atoms with E-state index in [-0.39, 0.29) is 6.61 Å². The Balaban J connectivity index is 0.000000342. The van der Waals surface area contributed by atoms with Gasteiger partial charge in [-0.2, -0.15) is 16.8 Å². The normalized spacial score (nSPS) is 11.8. The van der Waals surface area contributed by atoms with E-state index in [1.54, 1.807) is 16.8 Å². The molecule has 0 bridgehead atoms. The third-order valence-corrected chi connectivity index (χ3v) is 4.48.